The Hall–Kier alpha value is -1.07. The van der Waals surface area contributed by atoms with Crippen LogP contribution in [0.25, 0.3) is 0 Å². The van der Waals surface area contributed by atoms with E-state index in [1.807, 2.05) is 12.1 Å². The van der Waals surface area contributed by atoms with Crippen LogP contribution in [0.2, 0.25) is 10.0 Å². The number of benzene rings is 2. The summed E-state index contributed by atoms with van der Waals surface area (Å²) >= 11 is 11.6. The van der Waals surface area contributed by atoms with Gasteiger partial charge in [-0.25, -0.2) is 0 Å². The van der Waals surface area contributed by atoms with Gasteiger partial charge in [0.05, 0.1) is 11.9 Å². The lowest BCUT2D eigenvalue weighted by atomic mass is 10.2. The SMILES string of the molecule is O=[S@@](Cc1ccc(Cl)cc1)C[C@@H](O)COc1ccc(Cl)cc1. The highest BCUT2D eigenvalue weighted by Gasteiger charge is 2.11. The first kappa shape index (κ1) is 17.3. The summed E-state index contributed by atoms with van der Waals surface area (Å²) in [4.78, 5) is 0. The number of ether oxygens (including phenoxy) is 1. The van der Waals surface area contributed by atoms with E-state index in [0.717, 1.165) is 5.56 Å². The second-order valence-electron chi connectivity index (χ2n) is 4.80. The van der Waals surface area contributed by atoms with Gasteiger partial charge in [-0.2, -0.15) is 0 Å². The van der Waals surface area contributed by atoms with E-state index in [9.17, 15) is 9.32 Å². The molecular formula is C16H16Cl2O3S. The molecule has 0 aromatic heterocycles. The molecule has 0 aliphatic carbocycles. The third-order valence-electron chi connectivity index (χ3n) is 2.88. The standard InChI is InChI=1S/C16H16Cl2O3S/c17-13-3-1-12(2-4-13)10-22(20)11-15(19)9-21-16-7-5-14(18)6-8-16/h1-8,15,19H,9-11H2/t15-,22-/m0/s1. The maximum absolute atomic E-state index is 12.0. The Morgan fingerprint density at radius 2 is 1.55 bits per heavy atom. The van der Waals surface area contributed by atoms with E-state index in [1.54, 1.807) is 36.4 Å². The highest BCUT2D eigenvalue weighted by Crippen LogP contribution is 2.16. The maximum Gasteiger partial charge on any atom is 0.119 e. The van der Waals surface area contributed by atoms with E-state index in [4.69, 9.17) is 27.9 Å². The lowest BCUT2D eigenvalue weighted by Gasteiger charge is -2.12. The average Bonchev–Trinajstić information content (AvgIpc) is 2.49. The Bertz CT molecular complexity index is 614. The molecule has 6 heteroatoms. The molecule has 22 heavy (non-hydrogen) atoms. The maximum atomic E-state index is 12.0. The van der Waals surface area contributed by atoms with Crippen molar-refractivity contribution in [2.75, 3.05) is 12.4 Å². The predicted molar refractivity (Wildman–Crippen MR) is 91.1 cm³/mol. The Morgan fingerprint density at radius 3 is 2.14 bits per heavy atom. The van der Waals surface area contributed by atoms with E-state index in [0.29, 0.717) is 21.5 Å². The first-order valence-electron chi connectivity index (χ1n) is 6.69. The normalized spacial score (nSPS) is 13.6. The summed E-state index contributed by atoms with van der Waals surface area (Å²) in [5, 5.41) is 11.2. The zero-order valence-electron chi connectivity index (χ0n) is 11.7. The van der Waals surface area contributed by atoms with Gasteiger partial charge in [0.15, 0.2) is 0 Å². The van der Waals surface area contributed by atoms with Gasteiger partial charge >= 0.3 is 0 Å². The minimum absolute atomic E-state index is 0.0913. The van der Waals surface area contributed by atoms with Crippen molar-refractivity contribution in [3.8, 4) is 5.75 Å². The van der Waals surface area contributed by atoms with Crippen LogP contribution < -0.4 is 4.74 Å². The Morgan fingerprint density at radius 1 is 1.00 bits per heavy atom. The molecule has 0 fully saturated rings. The highest BCUT2D eigenvalue weighted by atomic mass is 35.5. The van der Waals surface area contributed by atoms with Crippen LogP contribution >= 0.6 is 23.2 Å². The molecule has 0 heterocycles. The monoisotopic (exact) mass is 358 g/mol. The van der Waals surface area contributed by atoms with Crippen LogP contribution in [0.3, 0.4) is 0 Å². The molecule has 0 radical (unpaired) electrons. The minimum atomic E-state index is -1.16. The van der Waals surface area contributed by atoms with Crippen LogP contribution in [-0.2, 0) is 16.6 Å². The van der Waals surface area contributed by atoms with Gasteiger partial charge in [0.25, 0.3) is 0 Å². The van der Waals surface area contributed by atoms with Gasteiger partial charge in [-0.3, -0.25) is 4.21 Å². The molecule has 2 aromatic rings. The van der Waals surface area contributed by atoms with E-state index in [1.165, 1.54) is 0 Å². The number of hydrogen-bond donors (Lipinski definition) is 1. The van der Waals surface area contributed by atoms with Crippen molar-refractivity contribution in [2.45, 2.75) is 11.9 Å². The largest absolute Gasteiger partial charge is 0.491 e. The molecule has 0 bridgehead atoms. The fourth-order valence-corrected chi connectivity index (χ4v) is 3.27. The lowest BCUT2D eigenvalue weighted by Crippen LogP contribution is -2.24. The lowest BCUT2D eigenvalue weighted by molar-refractivity contribution is 0.125. The van der Waals surface area contributed by atoms with Crippen LogP contribution in [0.5, 0.6) is 5.75 Å². The van der Waals surface area contributed by atoms with Gasteiger partial charge in [0, 0.05) is 26.6 Å². The van der Waals surface area contributed by atoms with Crippen LogP contribution in [0.1, 0.15) is 5.56 Å². The summed E-state index contributed by atoms with van der Waals surface area (Å²) in [5.74, 6) is 1.16. The number of rotatable bonds is 7. The highest BCUT2D eigenvalue weighted by molar-refractivity contribution is 7.84. The topological polar surface area (TPSA) is 46.5 Å². The van der Waals surface area contributed by atoms with Crippen molar-refractivity contribution < 1.29 is 14.1 Å². The fourth-order valence-electron chi connectivity index (χ4n) is 1.81. The predicted octanol–water partition coefficient (Wildman–Crippen LogP) is 3.68. The van der Waals surface area contributed by atoms with E-state index in [-0.39, 0.29) is 12.4 Å². The fraction of sp³-hybridized carbons (Fsp3) is 0.250. The van der Waals surface area contributed by atoms with Gasteiger partial charge < -0.3 is 9.84 Å². The minimum Gasteiger partial charge on any atom is -0.491 e. The van der Waals surface area contributed by atoms with Crippen LogP contribution in [0.15, 0.2) is 48.5 Å². The van der Waals surface area contributed by atoms with Gasteiger partial charge in [-0.1, -0.05) is 35.3 Å². The summed E-state index contributed by atoms with van der Waals surface area (Å²) < 4.78 is 17.4. The van der Waals surface area contributed by atoms with Crippen LogP contribution in [0, 0.1) is 0 Å². The molecule has 0 unspecified atom stereocenters. The summed E-state index contributed by atoms with van der Waals surface area (Å²) in [6.45, 7) is 0.0913. The molecule has 2 atom stereocenters. The van der Waals surface area contributed by atoms with Gasteiger partial charge in [0.2, 0.25) is 0 Å². The van der Waals surface area contributed by atoms with Crippen molar-refractivity contribution in [3.05, 3.63) is 64.1 Å². The summed E-state index contributed by atoms with van der Waals surface area (Å²) in [7, 11) is -1.16. The van der Waals surface area contributed by atoms with Crippen molar-refractivity contribution in [1.29, 1.82) is 0 Å². The molecule has 0 aliphatic rings. The third-order valence-corrected chi connectivity index (χ3v) is 4.79. The molecule has 0 spiro atoms. The second-order valence-corrected chi connectivity index (χ2v) is 7.17. The molecule has 1 N–H and O–H groups in total. The van der Waals surface area contributed by atoms with Crippen LogP contribution in [-0.4, -0.2) is 27.8 Å². The Labute approximate surface area is 142 Å². The molecule has 118 valence electrons. The van der Waals surface area contributed by atoms with Gasteiger partial charge in [-0.15, -0.1) is 0 Å². The quantitative estimate of drug-likeness (QED) is 0.820. The van der Waals surface area contributed by atoms with Crippen molar-refractivity contribution in [1.82, 2.24) is 0 Å². The van der Waals surface area contributed by atoms with E-state index >= 15 is 0 Å². The van der Waals surface area contributed by atoms with E-state index < -0.39 is 16.9 Å². The first-order chi connectivity index (χ1) is 10.5. The van der Waals surface area contributed by atoms with E-state index in [2.05, 4.69) is 0 Å². The molecule has 2 aromatic carbocycles. The smallest absolute Gasteiger partial charge is 0.119 e. The molecule has 0 saturated heterocycles. The molecule has 0 amide bonds. The van der Waals surface area contributed by atoms with Gasteiger partial charge in [0.1, 0.15) is 12.4 Å². The number of aliphatic hydroxyl groups is 1. The number of hydrogen-bond acceptors (Lipinski definition) is 3. The van der Waals surface area contributed by atoms with Crippen molar-refractivity contribution in [2.24, 2.45) is 0 Å². The molecular weight excluding hydrogens is 343 g/mol. The first-order valence-corrected chi connectivity index (χ1v) is 8.93. The Balaban J connectivity index is 1.76. The number of aliphatic hydroxyl groups excluding tert-OH is 1. The van der Waals surface area contributed by atoms with Crippen molar-refractivity contribution >= 4 is 34.0 Å². The second kappa shape index (κ2) is 8.53. The zero-order chi connectivity index (χ0) is 15.9. The summed E-state index contributed by atoms with van der Waals surface area (Å²) in [6, 6.07) is 14.0. The number of halogens is 2. The van der Waals surface area contributed by atoms with Crippen molar-refractivity contribution in [3.63, 3.8) is 0 Å². The summed E-state index contributed by atoms with van der Waals surface area (Å²) in [5.41, 5.74) is 0.925. The zero-order valence-corrected chi connectivity index (χ0v) is 14.1. The Kier molecular flexibility index (Phi) is 6.70. The third kappa shape index (κ3) is 5.97. The molecule has 2 rings (SSSR count). The van der Waals surface area contributed by atoms with Gasteiger partial charge in [-0.05, 0) is 42.0 Å². The average molecular weight is 359 g/mol. The summed E-state index contributed by atoms with van der Waals surface area (Å²) in [6.07, 6.45) is -0.788. The molecule has 0 saturated carbocycles. The molecule has 3 nitrogen and oxygen atoms in total. The van der Waals surface area contributed by atoms with Crippen LogP contribution in [0.4, 0.5) is 0 Å². The molecule has 0 aliphatic heterocycles.